The van der Waals surface area contributed by atoms with Crippen molar-refractivity contribution >= 4 is 46.6 Å². The fraction of sp³-hybridized carbons (Fsp3) is 0.303. The summed E-state index contributed by atoms with van der Waals surface area (Å²) >= 11 is 7.49. The number of hydrogen-bond acceptors (Lipinski definition) is 8. The van der Waals surface area contributed by atoms with Crippen molar-refractivity contribution in [3.63, 3.8) is 0 Å². The van der Waals surface area contributed by atoms with Gasteiger partial charge in [0.2, 0.25) is 0 Å². The molecular formula is C33H33ClN4O4S. The minimum Gasteiger partial charge on any atom is -0.463 e. The van der Waals surface area contributed by atoms with Gasteiger partial charge >= 0.3 is 5.97 Å². The van der Waals surface area contributed by atoms with Crippen LogP contribution in [0.15, 0.2) is 86.5 Å². The third kappa shape index (κ3) is 5.85. The van der Waals surface area contributed by atoms with Gasteiger partial charge in [0.25, 0.3) is 5.56 Å². The number of carbonyl (C=O) groups excluding carboxylic acids is 1. The number of ether oxygens (including phenoxy) is 1. The van der Waals surface area contributed by atoms with Gasteiger partial charge in [-0.3, -0.25) is 9.36 Å². The van der Waals surface area contributed by atoms with Crippen LogP contribution in [0.5, 0.6) is 0 Å². The van der Waals surface area contributed by atoms with Crippen molar-refractivity contribution in [2.24, 2.45) is 4.99 Å². The van der Waals surface area contributed by atoms with Crippen LogP contribution in [0.4, 0.5) is 5.88 Å². The number of thiazole rings is 1. The van der Waals surface area contributed by atoms with Gasteiger partial charge in [0.05, 0.1) is 28.5 Å². The van der Waals surface area contributed by atoms with Crippen LogP contribution in [0.1, 0.15) is 42.7 Å². The van der Waals surface area contributed by atoms with E-state index in [1.807, 2.05) is 54.6 Å². The quantitative estimate of drug-likeness (QED) is 0.280. The fourth-order valence-corrected chi connectivity index (χ4v) is 6.83. The highest BCUT2D eigenvalue weighted by Crippen LogP contribution is 2.35. The standard InChI is InChI=1S/C33H33ClN4O4S/c1-4-41-32(40)28-29(21-8-6-5-7-9-21)35-33-38(30(28)22-10-12-23(34)13-11-22)31(39)26(43-33)20-25-14-15-27(42-25)37-18-16-24(17-19-37)36(2)3/h5-15,20,24,30H,4,16-19H2,1-3H3/b26-20-/t30-/m0/s1. The highest BCUT2D eigenvalue weighted by molar-refractivity contribution is 7.07. The lowest BCUT2D eigenvalue weighted by molar-refractivity contribution is -0.138. The van der Waals surface area contributed by atoms with Gasteiger partial charge in [-0.2, -0.15) is 0 Å². The van der Waals surface area contributed by atoms with Gasteiger partial charge in [0, 0.05) is 41.9 Å². The van der Waals surface area contributed by atoms with Crippen LogP contribution in [-0.4, -0.2) is 55.3 Å². The molecule has 1 fully saturated rings. The maximum absolute atomic E-state index is 14.1. The summed E-state index contributed by atoms with van der Waals surface area (Å²) in [6.07, 6.45) is 3.90. The van der Waals surface area contributed by atoms with Gasteiger partial charge in [0.15, 0.2) is 10.7 Å². The average molecular weight is 617 g/mol. The van der Waals surface area contributed by atoms with Crippen LogP contribution in [-0.2, 0) is 9.53 Å². The van der Waals surface area contributed by atoms with Gasteiger partial charge in [-0.15, -0.1) is 0 Å². The van der Waals surface area contributed by atoms with Gasteiger partial charge in [-0.25, -0.2) is 9.79 Å². The second-order valence-corrected chi connectivity index (χ2v) is 12.3. The Hall–Kier alpha value is -3.92. The Morgan fingerprint density at radius 1 is 1.09 bits per heavy atom. The molecule has 0 unspecified atom stereocenters. The summed E-state index contributed by atoms with van der Waals surface area (Å²) in [4.78, 5) is 37.5. The second kappa shape index (κ2) is 12.4. The Morgan fingerprint density at radius 2 is 1.81 bits per heavy atom. The number of aromatic nitrogens is 1. The molecular weight excluding hydrogens is 584 g/mol. The van der Waals surface area contributed by atoms with Crippen molar-refractivity contribution < 1.29 is 13.9 Å². The van der Waals surface area contributed by atoms with E-state index in [2.05, 4.69) is 23.9 Å². The van der Waals surface area contributed by atoms with E-state index in [0.29, 0.717) is 37.4 Å². The van der Waals surface area contributed by atoms with Crippen molar-refractivity contribution in [1.82, 2.24) is 9.47 Å². The lowest BCUT2D eigenvalue weighted by Gasteiger charge is -2.35. The number of furan rings is 1. The molecule has 0 N–H and O–H groups in total. The Balaban J connectivity index is 1.46. The minimum atomic E-state index is -0.755. The van der Waals surface area contributed by atoms with E-state index < -0.39 is 12.0 Å². The van der Waals surface area contributed by atoms with Gasteiger partial charge in [-0.05, 0) is 57.6 Å². The molecule has 2 aromatic heterocycles. The summed E-state index contributed by atoms with van der Waals surface area (Å²) in [7, 11) is 4.24. The summed E-state index contributed by atoms with van der Waals surface area (Å²) in [6.45, 7) is 3.78. The lowest BCUT2D eigenvalue weighted by atomic mass is 9.93. The summed E-state index contributed by atoms with van der Waals surface area (Å²) in [5.74, 6) is 0.866. The van der Waals surface area contributed by atoms with Crippen LogP contribution >= 0.6 is 22.9 Å². The molecule has 0 spiro atoms. The van der Waals surface area contributed by atoms with Crippen LogP contribution in [0.2, 0.25) is 5.02 Å². The molecule has 0 bridgehead atoms. The Bertz CT molecular complexity index is 1830. The molecule has 0 saturated carbocycles. The first kappa shape index (κ1) is 29.2. The molecule has 222 valence electrons. The van der Waals surface area contributed by atoms with Crippen molar-refractivity contribution in [1.29, 1.82) is 0 Å². The van der Waals surface area contributed by atoms with E-state index >= 15 is 0 Å². The molecule has 0 amide bonds. The number of halogens is 1. The van der Waals surface area contributed by atoms with Gasteiger partial charge in [-0.1, -0.05) is 65.4 Å². The average Bonchev–Trinajstić information content (AvgIpc) is 3.61. The van der Waals surface area contributed by atoms with E-state index in [1.54, 1.807) is 29.7 Å². The van der Waals surface area contributed by atoms with Crippen LogP contribution < -0.4 is 19.8 Å². The lowest BCUT2D eigenvalue weighted by Crippen LogP contribution is -2.41. The second-order valence-electron chi connectivity index (χ2n) is 10.8. The summed E-state index contributed by atoms with van der Waals surface area (Å²) in [6, 6.07) is 20.3. The molecule has 2 aromatic carbocycles. The van der Waals surface area contributed by atoms with Crippen molar-refractivity contribution in [3.8, 4) is 0 Å². The summed E-state index contributed by atoms with van der Waals surface area (Å²) in [5.41, 5.74) is 2.01. The number of benzene rings is 2. The van der Waals surface area contributed by atoms with E-state index in [9.17, 15) is 9.59 Å². The number of rotatable bonds is 7. The van der Waals surface area contributed by atoms with Crippen molar-refractivity contribution in [3.05, 3.63) is 114 Å². The predicted octanol–water partition coefficient (Wildman–Crippen LogP) is 4.71. The SMILES string of the molecule is CCOC(=O)C1=C(c2ccccc2)N=c2s/c(=C\c3ccc(N4CCC(N(C)C)CC4)o3)c(=O)n2[C@H]1c1ccc(Cl)cc1. The van der Waals surface area contributed by atoms with Crippen molar-refractivity contribution in [2.75, 3.05) is 38.7 Å². The first-order valence-electron chi connectivity index (χ1n) is 14.4. The van der Waals surface area contributed by atoms with Crippen LogP contribution in [0.3, 0.4) is 0 Å². The number of esters is 1. The maximum Gasteiger partial charge on any atom is 0.338 e. The van der Waals surface area contributed by atoms with Gasteiger partial charge in [0.1, 0.15) is 5.76 Å². The largest absolute Gasteiger partial charge is 0.463 e. The number of fused-ring (bicyclic) bond motifs is 1. The third-order valence-electron chi connectivity index (χ3n) is 7.95. The van der Waals surface area contributed by atoms with E-state index in [0.717, 1.165) is 42.9 Å². The van der Waals surface area contributed by atoms with E-state index in [-0.39, 0.29) is 12.2 Å². The Morgan fingerprint density at radius 3 is 2.49 bits per heavy atom. The molecule has 43 heavy (non-hydrogen) atoms. The fourth-order valence-electron chi connectivity index (χ4n) is 5.72. The van der Waals surface area contributed by atoms with E-state index in [4.69, 9.17) is 25.7 Å². The normalized spacial score (nSPS) is 17.7. The Kier molecular flexibility index (Phi) is 8.38. The first-order chi connectivity index (χ1) is 20.8. The zero-order chi connectivity index (χ0) is 30.1. The molecule has 2 aliphatic rings. The predicted molar refractivity (Wildman–Crippen MR) is 170 cm³/mol. The van der Waals surface area contributed by atoms with E-state index in [1.165, 1.54) is 11.3 Å². The molecule has 0 aliphatic carbocycles. The monoisotopic (exact) mass is 616 g/mol. The number of hydrogen-bond donors (Lipinski definition) is 0. The highest BCUT2D eigenvalue weighted by Gasteiger charge is 2.35. The molecule has 4 heterocycles. The molecule has 0 radical (unpaired) electrons. The van der Waals surface area contributed by atoms with Gasteiger partial charge < -0.3 is 19.0 Å². The minimum absolute atomic E-state index is 0.190. The molecule has 4 aromatic rings. The maximum atomic E-state index is 14.1. The number of carbonyl (C=O) groups is 1. The number of anilines is 1. The molecule has 1 atom stereocenters. The highest BCUT2D eigenvalue weighted by atomic mass is 35.5. The first-order valence-corrected chi connectivity index (χ1v) is 15.6. The molecule has 6 rings (SSSR count). The Labute approximate surface area is 258 Å². The topological polar surface area (TPSA) is 80.3 Å². The summed E-state index contributed by atoms with van der Waals surface area (Å²) < 4.78 is 13.8. The van der Waals surface area contributed by atoms with Crippen LogP contribution in [0.25, 0.3) is 11.8 Å². The summed E-state index contributed by atoms with van der Waals surface area (Å²) in [5, 5.41) is 0.556. The molecule has 8 nitrogen and oxygen atoms in total. The third-order valence-corrected chi connectivity index (χ3v) is 9.19. The molecule has 1 saturated heterocycles. The van der Waals surface area contributed by atoms with Crippen LogP contribution in [0, 0.1) is 0 Å². The molecule has 2 aliphatic heterocycles. The zero-order valence-electron chi connectivity index (χ0n) is 24.3. The molecule has 10 heteroatoms. The number of nitrogens with zero attached hydrogens (tertiary/aromatic N) is 4. The zero-order valence-corrected chi connectivity index (χ0v) is 25.9. The van der Waals surface area contributed by atoms with Crippen molar-refractivity contribution in [2.45, 2.75) is 31.8 Å². The number of piperidine rings is 1. The smallest absolute Gasteiger partial charge is 0.338 e.